The number of aliphatic hydroxyl groups is 2. The molecular formula is C19H38N2O4S2. The molecule has 160 valence electrons. The lowest BCUT2D eigenvalue weighted by atomic mass is 10.0. The van der Waals surface area contributed by atoms with Crippen molar-refractivity contribution in [2.75, 3.05) is 26.3 Å². The van der Waals surface area contributed by atoms with Gasteiger partial charge in [-0.2, -0.15) is 27.0 Å². The van der Waals surface area contributed by atoms with Gasteiger partial charge >= 0.3 is 6.09 Å². The summed E-state index contributed by atoms with van der Waals surface area (Å²) in [5.41, 5.74) is 0.494. The summed E-state index contributed by atoms with van der Waals surface area (Å²) < 4.78 is 5.35. The van der Waals surface area contributed by atoms with Gasteiger partial charge < -0.3 is 25.2 Å². The Morgan fingerprint density at radius 2 is 1.67 bits per heavy atom. The smallest absolute Gasteiger partial charge is 0.410 e. The van der Waals surface area contributed by atoms with Gasteiger partial charge in [0.1, 0.15) is 5.60 Å². The zero-order chi connectivity index (χ0) is 18.3. The van der Waals surface area contributed by atoms with Crippen LogP contribution in [0.3, 0.4) is 0 Å². The summed E-state index contributed by atoms with van der Waals surface area (Å²) in [5.74, 6) is 0. The van der Waals surface area contributed by atoms with Crippen LogP contribution in [0.1, 0.15) is 59.3 Å². The summed E-state index contributed by atoms with van der Waals surface area (Å²) in [5, 5.41) is 21.4. The molecule has 2 aliphatic carbocycles. The molecule has 2 atom stereocenters. The Kier molecular flexibility index (Phi) is 8.40. The van der Waals surface area contributed by atoms with E-state index in [0.29, 0.717) is 23.5 Å². The third-order valence-electron chi connectivity index (χ3n) is 6.03. The van der Waals surface area contributed by atoms with Crippen molar-refractivity contribution in [3.8, 4) is 0 Å². The van der Waals surface area contributed by atoms with Crippen LogP contribution in [0.5, 0.6) is 0 Å². The van der Waals surface area contributed by atoms with E-state index in [4.69, 9.17) is 9.84 Å². The van der Waals surface area contributed by atoms with Crippen LogP contribution in [0.15, 0.2) is 0 Å². The highest BCUT2D eigenvalue weighted by Gasteiger charge is 2.53. The van der Waals surface area contributed by atoms with Gasteiger partial charge in [-0.05, 0) is 70.1 Å². The van der Waals surface area contributed by atoms with Crippen molar-refractivity contribution >= 4 is 33.1 Å². The Morgan fingerprint density at radius 1 is 1.07 bits per heavy atom. The first-order chi connectivity index (χ1) is 11.7. The first-order valence-corrected chi connectivity index (χ1v) is 9.65. The standard InChI is InChI=1S/C12H21NO3.C7H13NO.2H2S/c1-11(2,3)16-10(15)13-8-12(4-5-12)6-9(13)7-14;9-4-6-3-7(1-2-7)5-8-6;;/h9,14H,4-8H2,1-3H3;6,8-9H,1-5H2;2*1H2/t9-;6-;;/m00../s1. The number of nitrogens with zero attached hydrogens (tertiary/aromatic N) is 1. The molecule has 4 rings (SSSR count). The van der Waals surface area contributed by atoms with E-state index in [-0.39, 0.29) is 45.7 Å². The normalized spacial score (nSPS) is 28.7. The average Bonchev–Trinajstić information content (AvgIpc) is 3.36. The van der Waals surface area contributed by atoms with Gasteiger partial charge in [-0.15, -0.1) is 0 Å². The fourth-order valence-corrected chi connectivity index (χ4v) is 4.12. The van der Waals surface area contributed by atoms with Crippen LogP contribution in [0.4, 0.5) is 4.79 Å². The molecule has 6 nitrogen and oxygen atoms in total. The number of nitrogens with one attached hydrogen (secondary N) is 1. The predicted molar refractivity (Wildman–Crippen MR) is 116 cm³/mol. The number of rotatable bonds is 2. The zero-order valence-corrected chi connectivity index (χ0v) is 18.9. The summed E-state index contributed by atoms with van der Waals surface area (Å²) in [7, 11) is 0. The van der Waals surface area contributed by atoms with E-state index in [1.54, 1.807) is 4.90 Å². The monoisotopic (exact) mass is 422 g/mol. The molecule has 0 aromatic carbocycles. The minimum absolute atomic E-state index is 0. The maximum absolute atomic E-state index is 11.9. The Balaban J connectivity index is 0.000000284. The molecule has 4 aliphatic rings. The van der Waals surface area contributed by atoms with Gasteiger partial charge in [0.05, 0.1) is 19.3 Å². The Bertz CT molecular complexity index is 504. The molecule has 27 heavy (non-hydrogen) atoms. The van der Waals surface area contributed by atoms with Gasteiger partial charge in [0.2, 0.25) is 0 Å². The maximum atomic E-state index is 11.9. The van der Waals surface area contributed by atoms with E-state index >= 15 is 0 Å². The maximum Gasteiger partial charge on any atom is 0.410 e. The molecule has 0 radical (unpaired) electrons. The van der Waals surface area contributed by atoms with E-state index in [2.05, 4.69) is 5.32 Å². The van der Waals surface area contributed by atoms with Crippen LogP contribution in [-0.2, 0) is 4.74 Å². The van der Waals surface area contributed by atoms with E-state index < -0.39 is 5.60 Å². The lowest BCUT2D eigenvalue weighted by Gasteiger charge is -2.27. The molecule has 4 fully saturated rings. The molecule has 2 saturated carbocycles. The van der Waals surface area contributed by atoms with Crippen molar-refractivity contribution in [1.29, 1.82) is 0 Å². The second-order valence-corrected chi connectivity index (χ2v) is 9.61. The molecule has 0 unspecified atom stereocenters. The molecule has 2 spiro atoms. The Hall–Kier alpha value is -0.150. The van der Waals surface area contributed by atoms with Crippen LogP contribution >= 0.6 is 27.0 Å². The van der Waals surface area contributed by atoms with Crippen LogP contribution < -0.4 is 5.32 Å². The number of aliphatic hydroxyl groups excluding tert-OH is 2. The molecule has 0 aromatic rings. The van der Waals surface area contributed by atoms with Gasteiger partial charge in [-0.25, -0.2) is 4.79 Å². The minimum Gasteiger partial charge on any atom is -0.444 e. The summed E-state index contributed by atoms with van der Waals surface area (Å²) in [6.45, 7) is 7.86. The fourth-order valence-electron chi connectivity index (χ4n) is 4.12. The molecule has 0 bridgehead atoms. The van der Waals surface area contributed by atoms with Crippen molar-refractivity contribution in [3.05, 3.63) is 0 Å². The number of likely N-dealkylation sites (tertiary alicyclic amines) is 1. The van der Waals surface area contributed by atoms with Crippen LogP contribution in [-0.4, -0.2) is 65.2 Å². The molecular weight excluding hydrogens is 384 g/mol. The highest BCUT2D eigenvalue weighted by Crippen LogP contribution is 2.55. The summed E-state index contributed by atoms with van der Waals surface area (Å²) in [6, 6.07) is 0.366. The van der Waals surface area contributed by atoms with Gasteiger partial charge in [-0.1, -0.05) is 0 Å². The second kappa shape index (κ2) is 9.11. The van der Waals surface area contributed by atoms with Crippen LogP contribution in [0.25, 0.3) is 0 Å². The third-order valence-corrected chi connectivity index (χ3v) is 6.03. The van der Waals surface area contributed by atoms with Crippen molar-refractivity contribution < 1.29 is 19.7 Å². The van der Waals surface area contributed by atoms with Crippen molar-refractivity contribution in [1.82, 2.24) is 10.2 Å². The van der Waals surface area contributed by atoms with Crippen molar-refractivity contribution in [2.24, 2.45) is 10.8 Å². The number of carbonyl (C=O) groups excluding carboxylic acids is 1. The number of carbonyl (C=O) groups is 1. The van der Waals surface area contributed by atoms with Crippen LogP contribution in [0, 0.1) is 10.8 Å². The molecule has 2 saturated heterocycles. The molecule has 1 amide bonds. The van der Waals surface area contributed by atoms with Crippen molar-refractivity contribution in [2.45, 2.75) is 77.0 Å². The third kappa shape index (κ3) is 6.42. The highest BCUT2D eigenvalue weighted by atomic mass is 32.1. The molecule has 2 aliphatic heterocycles. The van der Waals surface area contributed by atoms with Crippen LogP contribution in [0.2, 0.25) is 0 Å². The quantitative estimate of drug-likeness (QED) is 0.635. The van der Waals surface area contributed by atoms with E-state index in [0.717, 1.165) is 19.5 Å². The van der Waals surface area contributed by atoms with Gasteiger partial charge in [0, 0.05) is 19.1 Å². The van der Waals surface area contributed by atoms with E-state index in [9.17, 15) is 9.90 Å². The van der Waals surface area contributed by atoms with E-state index in [1.165, 1.54) is 32.1 Å². The summed E-state index contributed by atoms with van der Waals surface area (Å²) >= 11 is 0. The second-order valence-electron chi connectivity index (χ2n) is 9.61. The summed E-state index contributed by atoms with van der Waals surface area (Å²) in [6.07, 6.45) is 7.00. The number of ether oxygens (including phenoxy) is 1. The molecule has 3 N–H and O–H groups in total. The molecule has 2 heterocycles. The van der Waals surface area contributed by atoms with E-state index in [1.807, 2.05) is 20.8 Å². The lowest BCUT2D eigenvalue weighted by molar-refractivity contribution is 0.0171. The number of amides is 1. The minimum atomic E-state index is -0.462. The predicted octanol–water partition coefficient (Wildman–Crippen LogP) is 2.11. The fraction of sp³-hybridized carbons (Fsp3) is 0.947. The zero-order valence-electron chi connectivity index (χ0n) is 16.9. The van der Waals surface area contributed by atoms with Gasteiger partial charge in [-0.3, -0.25) is 0 Å². The molecule has 8 heteroatoms. The first kappa shape index (κ1) is 24.9. The molecule has 0 aromatic heterocycles. The SMILES string of the molecule is CC(C)(C)OC(=O)N1CC2(CC2)C[C@H]1CO.OC[C@@H]1CC2(CC2)CN1.S.S. The largest absolute Gasteiger partial charge is 0.444 e. The number of hydrogen-bond acceptors (Lipinski definition) is 5. The topological polar surface area (TPSA) is 82.0 Å². The average molecular weight is 423 g/mol. The number of hydrogen-bond donors (Lipinski definition) is 3. The Morgan fingerprint density at radius 3 is 2.04 bits per heavy atom. The summed E-state index contributed by atoms with van der Waals surface area (Å²) in [4.78, 5) is 13.6. The van der Waals surface area contributed by atoms with Gasteiger partial charge in [0.15, 0.2) is 0 Å². The highest BCUT2D eigenvalue weighted by molar-refractivity contribution is 7.59. The lowest BCUT2D eigenvalue weighted by Crippen LogP contribution is -2.41. The van der Waals surface area contributed by atoms with Gasteiger partial charge in [0.25, 0.3) is 0 Å². The van der Waals surface area contributed by atoms with Crippen molar-refractivity contribution in [3.63, 3.8) is 0 Å². The first-order valence-electron chi connectivity index (χ1n) is 9.65. The Labute approximate surface area is 177 Å².